The van der Waals surface area contributed by atoms with Gasteiger partial charge in [-0.15, -0.1) is 0 Å². The number of carbonyl (C=O) groups excluding carboxylic acids is 1. The second-order valence-corrected chi connectivity index (χ2v) is 8.71. The van der Waals surface area contributed by atoms with E-state index < -0.39 is 17.3 Å². The quantitative estimate of drug-likeness (QED) is 0.459. The van der Waals surface area contributed by atoms with E-state index in [-0.39, 0.29) is 27.5 Å². The summed E-state index contributed by atoms with van der Waals surface area (Å²) in [5.41, 5.74) is 0.289. The first kappa shape index (κ1) is 22.2. The number of carbonyl (C=O) groups is 2. The summed E-state index contributed by atoms with van der Waals surface area (Å²) in [6.45, 7) is 5.69. The van der Waals surface area contributed by atoms with E-state index in [0.717, 1.165) is 5.56 Å². The van der Waals surface area contributed by atoms with Crippen molar-refractivity contribution in [2.75, 3.05) is 5.32 Å². The van der Waals surface area contributed by atoms with Gasteiger partial charge in [0, 0.05) is 11.3 Å². The van der Waals surface area contributed by atoms with Gasteiger partial charge in [0.25, 0.3) is 0 Å². The summed E-state index contributed by atoms with van der Waals surface area (Å²) in [6.07, 6.45) is 1.29. The molecule has 160 valence electrons. The van der Waals surface area contributed by atoms with Crippen LogP contribution in [0.2, 0.25) is 10.0 Å². The number of phenolic OH excluding ortho intramolecular Hbond substituents is 1. The van der Waals surface area contributed by atoms with Crippen LogP contribution in [0.1, 0.15) is 50.2 Å². The fourth-order valence-electron chi connectivity index (χ4n) is 3.44. The Labute approximate surface area is 184 Å². The highest BCUT2D eigenvalue weighted by Gasteiger charge is 2.51. The van der Waals surface area contributed by atoms with Crippen molar-refractivity contribution in [2.24, 2.45) is 5.41 Å². The first-order valence-electron chi connectivity index (χ1n) is 9.60. The van der Waals surface area contributed by atoms with E-state index in [1.807, 2.05) is 13.8 Å². The first-order valence-corrected chi connectivity index (χ1v) is 10.4. The van der Waals surface area contributed by atoms with Gasteiger partial charge in [-0.3, -0.25) is 9.59 Å². The summed E-state index contributed by atoms with van der Waals surface area (Å²) in [4.78, 5) is 24.0. The van der Waals surface area contributed by atoms with E-state index in [4.69, 9.17) is 27.9 Å². The van der Waals surface area contributed by atoms with Crippen LogP contribution in [-0.4, -0.2) is 22.1 Å². The van der Waals surface area contributed by atoms with E-state index in [0.29, 0.717) is 36.3 Å². The lowest BCUT2D eigenvalue weighted by Gasteiger charge is -2.35. The molecule has 1 amide bonds. The Bertz CT molecular complexity index is 992. The Balaban J connectivity index is 1.86. The molecular formula is C22H23Cl2NO5. The number of carboxylic acids is 1. The van der Waals surface area contributed by atoms with Crippen molar-refractivity contribution >= 4 is 40.8 Å². The second-order valence-electron chi connectivity index (χ2n) is 7.90. The minimum absolute atomic E-state index is 0.0869. The number of aryl methyl sites for hydroxylation is 1. The van der Waals surface area contributed by atoms with Crippen LogP contribution < -0.4 is 10.1 Å². The molecule has 1 fully saturated rings. The minimum atomic E-state index is -1.40. The molecule has 30 heavy (non-hydrogen) atoms. The van der Waals surface area contributed by atoms with Crippen molar-refractivity contribution in [1.29, 1.82) is 0 Å². The molecule has 3 rings (SSSR count). The fourth-order valence-corrected chi connectivity index (χ4v) is 4.00. The Morgan fingerprint density at radius 1 is 1.13 bits per heavy atom. The molecule has 0 heterocycles. The van der Waals surface area contributed by atoms with E-state index in [1.165, 1.54) is 12.1 Å². The number of carboxylic acid groups (broad SMARTS) is 1. The average Bonchev–Trinajstić information content (AvgIpc) is 2.59. The highest BCUT2D eigenvalue weighted by molar-refractivity contribution is 6.37. The second kappa shape index (κ2) is 8.36. The van der Waals surface area contributed by atoms with Crippen molar-refractivity contribution in [3.8, 4) is 17.2 Å². The topological polar surface area (TPSA) is 95.9 Å². The fraction of sp³-hybridized carbons (Fsp3) is 0.364. The Hall–Kier alpha value is -2.44. The molecule has 2 aromatic carbocycles. The normalized spacial score (nSPS) is 14.9. The average molecular weight is 452 g/mol. The molecule has 0 radical (unpaired) electrons. The molecule has 0 aromatic heterocycles. The van der Waals surface area contributed by atoms with Crippen LogP contribution in [0.25, 0.3) is 0 Å². The van der Waals surface area contributed by atoms with Gasteiger partial charge in [-0.2, -0.15) is 0 Å². The van der Waals surface area contributed by atoms with E-state index >= 15 is 0 Å². The van der Waals surface area contributed by atoms with E-state index in [2.05, 4.69) is 5.32 Å². The number of anilines is 1. The minimum Gasteiger partial charge on any atom is -0.507 e. The number of hydrogen-bond donors (Lipinski definition) is 3. The first-order chi connectivity index (χ1) is 14.0. The number of hydrogen-bond acceptors (Lipinski definition) is 4. The third kappa shape index (κ3) is 4.07. The monoisotopic (exact) mass is 451 g/mol. The number of benzene rings is 2. The van der Waals surface area contributed by atoms with Gasteiger partial charge in [0.15, 0.2) is 5.75 Å². The highest BCUT2D eigenvalue weighted by Crippen LogP contribution is 2.44. The molecule has 0 bridgehead atoms. The van der Waals surface area contributed by atoms with Crippen molar-refractivity contribution in [2.45, 2.75) is 46.0 Å². The molecule has 0 unspecified atom stereocenters. The number of halogens is 2. The smallest absolute Gasteiger partial charge is 0.319 e. The molecule has 0 saturated heterocycles. The molecule has 1 aliphatic carbocycles. The molecule has 6 nitrogen and oxygen atoms in total. The van der Waals surface area contributed by atoms with Gasteiger partial charge < -0.3 is 20.3 Å². The van der Waals surface area contributed by atoms with E-state index in [1.54, 1.807) is 19.1 Å². The number of phenols is 1. The Morgan fingerprint density at radius 2 is 1.73 bits per heavy atom. The highest BCUT2D eigenvalue weighted by atomic mass is 35.5. The number of rotatable bonds is 6. The summed E-state index contributed by atoms with van der Waals surface area (Å²) >= 11 is 12.7. The van der Waals surface area contributed by atoms with Gasteiger partial charge in [-0.25, -0.2) is 0 Å². The summed E-state index contributed by atoms with van der Waals surface area (Å²) in [5.74, 6) is -0.744. The molecular weight excluding hydrogens is 429 g/mol. The standard InChI is InChI=1S/C22H23Cl2NO5/c1-11(2)15-10-14(7-12(3)18(15)26)30-19-16(23)8-13(9-17(19)24)25-20(27)22(21(28)29)5-4-6-22/h7-11,26H,4-6H2,1-3H3,(H,25,27)(H,28,29). The largest absolute Gasteiger partial charge is 0.507 e. The summed E-state index contributed by atoms with van der Waals surface area (Å²) in [6, 6.07) is 6.33. The summed E-state index contributed by atoms with van der Waals surface area (Å²) in [7, 11) is 0. The number of amides is 1. The lowest BCUT2D eigenvalue weighted by atomic mass is 9.68. The predicted octanol–water partition coefficient (Wildman–Crippen LogP) is 6.12. The molecule has 2 aromatic rings. The zero-order valence-electron chi connectivity index (χ0n) is 16.9. The maximum atomic E-state index is 12.5. The van der Waals surface area contributed by atoms with Gasteiger partial charge in [0.1, 0.15) is 16.9 Å². The zero-order chi connectivity index (χ0) is 22.2. The van der Waals surface area contributed by atoms with Crippen molar-refractivity contribution < 1.29 is 24.5 Å². The molecule has 0 spiro atoms. The summed E-state index contributed by atoms with van der Waals surface area (Å²) in [5, 5.41) is 22.6. The molecule has 0 atom stereocenters. The molecule has 8 heteroatoms. The SMILES string of the molecule is Cc1cc(Oc2c(Cl)cc(NC(=O)C3(C(=O)O)CCC3)cc2Cl)cc(C(C)C)c1O. The van der Waals surface area contributed by atoms with E-state index in [9.17, 15) is 19.8 Å². The lowest BCUT2D eigenvalue weighted by molar-refractivity contribution is -0.159. The van der Waals surface area contributed by atoms with Crippen molar-refractivity contribution in [3.05, 3.63) is 45.4 Å². The van der Waals surface area contributed by atoms with Crippen LogP contribution in [0.3, 0.4) is 0 Å². The molecule has 1 saturated carbocycles. The van der Waals surface area contributed by atoms with Crippen LogP contribution in [0.15, 0.2) is 24.3 Å². The van der Waals surface area contributed by atoms with Crippen molar-refractivity contribution in [1.82, 2.24) is 0 Å². The van der Waals surface area contributed by atoms with Gasteiger partial charge in [0.05, 0.1) is 10.0 Å². The number of aliphatic carboxylic acids is 1. The number of nitrogens with one attached hydrogen (secondary N) is 1. The van der Waals surface area contributed by atoms with Crippen LogP contribution in [0, 0.1) is 12.3 Å². The summed E-state index contributed by atoms with van der Waals surface area (Å²) < 4.78 is 5.88. The molecule has 3 N–H and O–H groups in total. The van der Waals surface area contributed by atoms with Crippen LogP contribution >= 0.6 is 23.2 Å². The third-order valence-electron chi connectivity index (χ3n) is 5.45. The number of aromatic hydroxyl groups is 1. The maximum Gasteiger partial charge on any atom is 0.319 e. The third-order valence-corrected chi connectivity index (χ3v) is 6.01. The predicted molar refractivity (Wildman–Crippen MR) is 116 cm³/mol. The van der Waals surface area contributed by atoms with Gasteiger partial charge in [-0.1, -0.05) is 43.5 Å². The van der Waals surface area contributed by atoms with Gasteiger partial charge in [-0.05, 0) is 55.5 Å². The van der Waals surface area contributed by atoms with Crippen LogP contribution in [0.4, 0.5) is 5.69 Å². The Kier molecular flexibility index (Phi) is 6.20. The van der Waals surface area contributed by atoms with Crippen molar-refractivity contribution in [3.63, 3.8) is 0 Å². The molecule has 0 aliphatic heterocycles. The lowest BCUT2D eigenvalue weighted by Crippen LogP contribution is -2.48. The van der Waals surface area contributed by atoms with Gasteiger partial charge in [0.2, 0.25) is 5.91 Å². The molecule has 1 aliphatic rings. The van der Waals surface area contributed by atoms with Crippen LogP contribution in [-0.2, 0) is 9.59 Å². The Morgan fingerprint density at radius 3 is 2.20 bits per heavy atom. The van der Waals surface area contributed by atoms with Gasteiger partial charge >= 0.3 is 5.97 Å². The number of ether oxygens (including phenoxy) is 1. The zero-order valence-corrected chi connectivity index (χ0v) is 18.4. The maximum absolute atomic E-state index is 12.5. The van der Waals surface area contributed by atoms with Crippen LogP contribution in [0.5, 0.6) is 17.2 Å².